The topological polar surface area (TPSA) is 144 Å². The maximum absolute atomic E-state index is 13.4. The second-order valence-electron chi connectivity index (χ2n) is 8.70. The Kier molecular flexibility index (Phi) is 8.58. The number of aromatic nitrogens is 4. The second-order valence-corrected chi connectivity index (χ2v) is 9.18. The zero-order valence-electron chi connectivity index (χ0n) is 21.3. The Balaban J connectivity index is 1.72. The normalized spacial score (nSPS) is 13.3. The minimum Gasteiger partial charge on any atom is -0.469 e. The standard InChI is InChI=1S/C27H25ClN6O5/c1-17-13-21(8-9-22(17)39-23-10-5-19(14-29)15-30-23)31-25-32-26(36)33(12-11-24(35)38-2)27(37)34(25)16-18-3-6-20(28)7-4-18/h3,5-6,8-10,13,15H,4,7,11-12,16H2,1-2H3,(H,31,32,36). The zero-order valence-corrected chi connectivity index (χ0v) is 22.1. The van der Waals surface area contributed by atoms with Crippen LogP contribution in [0.4, 0.5) is 5.69 Å². The van der Waals surface area contributed by atoms with Gasteiger partial charge in [0.05, 0.1) is 31.3 Å². The number of halogens is 1. The molecule has 0 fully saturated rings. The number of carbonyl (C=O) groups is 1. The number of rotatable bonds is 8. The van der Waals surface area contributed by atoms with Crippen LogP contribution in [0.5, 0.6) is 11.6 Å². The Labute approximate surface area is 228 Å². The van der Waals surface area contributed by atoms with Crippen molar-refractivity contribution < 1.29 is 14.3 Å². The molecule has 2 aromatic heterocycles. The summed E-state index contributed by atoms with van der Waals surface area (Å²) < 4.78 is 12.8. The minimum atomic E-state index is -0.692. The highest BCUT2D eigenvalue weighted by molar-refractivity contribution is 6.29. The number of nitrogens with zero attached hydrogens (tertiary/aromatic N) is 5. The molecule has 0 radical (unpaired) electrons. The van der Waals surface area contributed by atoms with Crippen molar-refractivity contribution in [3.8, 4) is 17.7 Å². The summed E-state index contributed by atoms with van der Waals surface area (Å²) >= 11 is 6.08. The fraction of sp³-hybridized carbons (Fsp3) is 0.259. The third-order valence-corrected chi connectivity index (χ3v) is 6.28. The van der Waals surface area contributed by atoms with Crippen molar-refractivity contribution in [1.82, 2.24) is 19.1 Å². The van der Waals surface area contributed by atoms with Crippen LogP contribution in [0.3, 0.4) is 0 Å². The molecule has 1 N–H and O–H groups in total. The molecule has 3 aromatic rings. The molecule has 0 saturated heterocycles. The Bertz CT molecular complexity index is 1690. The van der Waals surface area contributed by atoms with Crippen molar-refractivity contribution in [1.29, 1.82) is 5.26 Å². The number of allylic oxidation sites excluding steroid dienone is 4. The highest BCUT2D eigenvalue weighted by atomic mass is 35.5. The average molecular weight is 549 g/mol. The van der Waals surface area contributed by atoms with Gasteiger partial charge in [0.25, 0.3) is 0 Å². The van der Waals surface area contributed by atoms with Crippen LogP contribution >= 0.6 is 11.6 Å². The molecule has 2 heterocycles. The Morgan fingerprint density at radius 2 is 2.03 bits per heavy atom. The number of benzene rings is 1. The summed E-state index contributed by atoms with van der Waals surface area (Å²) in [7, 11) is 1.24. The summed E-state index contributed by atoms with van der Waals surface area (Å²) in [6.45, 7) is 1.86. The number of aryl methyl sites for hydroxylation is 1. The lowest BCUT2D eigenvalue weighted by molar-refractivity contribution is -0.140. The van der Waals surface area contributed by atoms with Gasteiger partial charge in [-0.1, -0.05) is 17.7 Å². The summed E-state index contributed by atoms with van der Waals surface area (Å²) in [6, 6.07) is 10.3. The van der Waals surface area contributed by atoms with E-state index in [-0.39, 0.29) is 25.1 Å². The van der Waals surface area contributed by atoms with Gasteiger partial charge in [-0.15, -0.1) is 0 Å². The molecular formula is C27H25ClN6O5. The smallest absolute Gasteiger partial charge is 0.335 e. The average Bonchev–Trinajstić information content (AvgIpc) is 2.93. The molecule has 11 nitrogen and oxygen atoms in total. The molecular weight excluding hydrogens is 524 g/mol. The molecule has 0 unspecified atom stereocenters. The number of aromatic amines is 1. The largest absolute Gasteiger partial charge is 0.469 e. The van der Waals surface area contributed by atoms with Crippen LogP contribution in [0.2, 0.25) is 0 Å². The van der Waals surface area contributed by atoms with Gasteiger partial charge >= 0.3 is 17.3 Å². The van der Waals surface area contributed by atoms with Crippen LogP contribution in [0.15, 0.2) is 73.9 Å². The number of H-pyrrole nitrogens is 1. The number of pyridine rings is 1. The minimum absolute atomic E-state index is 0.0581. The molecule has 0 aliphatic heterocycles. The van der Waals surface area contributed by atoms with Gasteiger partial charge in [-0.2, -0.15) is 5.26 Å². The quantitative estimate of drug-likeness (QED) is 0.425. The van der Waals surface area contributed by atoms with E-state index in [2.05, 4.69) is 19.7 Å². The van der Waals surface area contributed by atoms with E-state index in [4.69, 9.17) is 21.6 Å². The van der Waals surface area contributed by atoms with Crippen LogP contribution in [-0.4, -0.2) is 32.2 Å². The Hall–Kier alpha value is -4.69. The van der Waals surface area contributed by atoms with Gasteiger partial charge in [-0.25, -0.2) is 24.1 Å². The number of carbonyl (C=O) groups excluding carboxylic acids is 1. The molecule has 0 amide bonds. The van der Waals surface area contributed by atoms with E-state index in [9.17, 15) is 14.4 Å². The van der Waals surface area contributed by atoms with E-state index in [0.717, 1.165) is 20.7 Å². The van der Waals surface area contributed by atoms with Gasteiger partial charge in [0.2, 0.25) is 11.5 Å². The zero-order chi connectivity index (χ0) is 27.9. The first-order valence-electron chi connectivity index (χ1n) is 12.0. The van der Waals surface area contributed by atoms with Gasteiger partial charge in [-0.05, 0) is 61.2 Å². The Morgan fingerprint density at radius 1 is 1.21 bits per heavy atom. The summed E-state index contributed by atoms with van der Waals surface area (Å²) in [4.78, 5) is 49.2. The van der Waals surface area contributed by atoms with Crippen LogP contribution in [-0.2, 0) is 22.6 Å². The summed E-state index contributed by atoms with van der Waals surface area (Å²) in [5, 5.41) is 9.65. The highest BCUT2D eigenvalue weighted by Gasteiger charge is 2.14. The molecule has 12 heteroatoms. The van der Waals surface area contributed by atoms with Crippen LogP contribution in [0, 0.1) is 18.3 Å². The van der Waals surface area contributed by atoms with Crippen LogP contribution in [0.1, 0.15) is 30.4 Å². The van der Waals surface area contributed by atoms with E-state index in [1.54, 1.807) is 36.4 Å². The molecule has 4 rings (SSSR count). The molecule has 0 spiro atoms. The first-order valence-corrected chi connectivity index (χ1v) is 12.4. The van der Waals surface area contributed by atoms with E-state index < -0.39 is 17.3 Å². The van der Waals surface area contributed by atoms with Gasteiger partial charge in [0.15, 0.2) is 0 Å². The number of esters is 1. The van der Waals surface area contributed by atoms with E-state index in [0.29, 0.717) is 35.7 Å². The maximum atomic E-state index is 13.4. The molecule has 39 heavy (non-hydrogen) atoms. The van der Waals surface area contributed by atoms with Crippen molar-refractivity contribution in [2.75, 3.05) is 7.11 Å². The second kappa shape index (κ2) is 12.2. The molecule has 0 bridgehead atoms. The molecule has 1 aliphatic rings. The first kappa shape index (κ1) is 27.3. The first-order chi connectivity index (χ1) is 18.8. The predicted octanol–water partition coefficient (Wildman–Crippen LogP) is 3.34. The molecule has 200 valence electrons. The fourth-order valence-electron chi connectivity index (χ4n) is 3.84. The summed E-state index contributed by atoms with van der Waals surface area (Å²) in [6.07, 6.45) is 6.21. The monoisotopic (exact) mass is 548 g/mol. The third kappa shape index (κ3) is 6.80. The molecule has 0 atom stereocenters. The third-order valence-electron chi connectivity index (χ3n) is 5.97. The fourth-order valence-corrected chi connectivity index (χ4v) is 3.99. The molecule has 1 aliphatic carbocycles. The van der Waals surface area contributed by atoms with Gasteiger partial charge < -0.3 is 9.47 Å². The van der Waals surface area contributed by atoms with E-state index >= 15 is 0 Å². The van der Waals surface area contributed by atoms with Gasteiger partial charge in [0.1, 0.15) is 11.8 Å². The van der Waals surface area contributed by atoms with Crippen LogP contribution < -0.4 is 21.7 Å². The number of nitriles is 1. The van der Waals surface area contributed by atoms with Gasteiger partial charge in [0, 0.05) is 23.8 Å². The lowest BCUT2D eigenvalue weighted by Crippen LogP contribution is -2.50. The summed E-state index contributed by atoms with van der Waals surface area (Å²) in [5.74, 6) is 0.321. The lowest BCUT2D eigenvalue weighted by atomic mass is 10.1. The van der Waals surface area contributed by atoms with E-state index in [1.165, 1.54) is 17.9 Å². The molecule has 1 aromatic carbocycles. The maximum Gasteiger partial charge on any atom is 0.335 e. The number of hydrogen-bond donors (Lipinski definition) is 1. The van der Waals surface area contributed by atoms with Crippen molar-refractivity contribution in [3.05, 3.63) is 97.0 Å². The van der Waals surface area contributed by atoms with Crippen molar-refractivity contribution in [2.24, 2.45) is 4.99 Å². The van der Waals surface area contributed by atoms with Crippen molar-refractivity contribution in [2.45, 2.75) is 39.3 Å². The number of ether oxygens (including phenoxy) is 2. The highest BCUT2D eigenvalue weighted by Crippen LogP contribution is 2.27. The van der Waals surface area contributed by atoms with E-state index in [1.807, 2.05) is 19.1 Å². The van der Waals surface area contributed by atoms with Crippen LogP contribution in [0.25, 0.3) is 0 Å². The Morgan fingerprint density at radius 3 is 2.67 bits per heavy atom. The number of nitrogens with one attached hydrogen (secondary N) is 1. The summed E-state index contributed by atoms with van der Waals surface area (Å²) in [5.41, 5.74) is 1.32. The van der Waals surface area contributed by atoms with Crippen molar-refractivity contribution >= 4 is 23.3 Å². The lowest BCUT2D eigenvalue weighted by Gasteiger charge is -2.15. The predicted molar refractivity (Wildman–Crippen MR) is 143 cm³/mol. The molecule has 0 saturated carbocycles. The SMILES string of the molecule is COC(=O)CCn1c(=O)[nH]/c(=N\c2ccc(Oc3ccc(C#N)cn3)c(C)c2)n(CC2=CC=C(Cl)CC2)c1=O. The van der Waals surface area contributed by atoms with Gasteiger partial charge in [-0.3, -0.25) is 14.3 Å². The number of methoxy groups -OCH3 is 1. The number of hydrogen-bond acceptors (Lipinski definition) is 8. The van der Waals surface area contributed by atoms with Crippen molar-refractivity contribution in [3.63, 3.8) is 0 Å².